The molecule has 1 N–H and O–H groups in total. The van der Waals surface area contributed by atoms with Crippen LogP contribution in [0, 0.1) is 5.92 Å². The maximum Gasteiger partial charge on any atom is 0.251 e. The van der Waals surface area contributed by atoms with Crippen molar-refractivity contribution in [3.8, 4) is 0 Å². The molecule has 2 aromatic rings. The number of hydrogen-bond donors (Lipinski definition) is 1. The molecule has 1 heterocycles. The van der Waals surface area contributed by atoms with Crippen LogP contribution in [0.15, 0.2) is 47.1 Å². The summed E-state index contributed by atoms with van der Waals surface area (Å²) in [5.74, 6) is 1.36. The first-order chi connectivity index (χ1) is 12.2. The van der Waals surface area contributed by atoms with Crippen molar-refractivity contribution < 1.29 is 14.0 Å². The first-order valence-corrected chi connectivity index (χ1v) is 8.77. The number of nitrogens with one attached hydrogen (secondary N) is 1. The Morgan fingerprint density at radius 2 is 1.92 bits per heavy atom. The van der Waals surface area contributed by atoms with Crippen molar-refractivity contribution in [3.63, 3.8) is 0 Å². The summed E-state index contributed by atoms with van der Waals surface area (Å²) in [7, 11) is 1.61. The molecule has 1 saturated carbocycles. The van der Waals surface area contributed by atoms with Crippen molar-refractivity contribution in [2.24, 2.45) is 5.92 Å². The summed E-state index contributed by atoms with van der Waals surface area (Å²) >= 11 is 0. The number of nitrogens with zero attached hydrogens (tertiary/aromatic N) is 1. The van der Waals surface area contributed by atoms with Crippen LogP contribution in [0.5, 0.6) is 0 Å². The standard InChI is InChI=1S/C20H24N2O3/c1-21-20(24)17-9-7-16(8-10-17)13-22(14-18-6-3-11-25-18)19(23)12-15-4-2-5-15/h3,6-11,15H,2,4-5,12-14H2,1H3,(H,21,24). The average molecular weight is 340 g/mol. The summed E-state index contributed by atoms with van der Waals surface area (Å²) in [6.07, 6.45) is 5.78. The van der Waals surface area contributed by atoms with Crippen LogP contribution in [-0.2, 0) is 17.9 Å². The predicted octanol–water partition coefficient (Wildman–Crippen LogP) is 3.36. The fourth-order valence-electron chi connectivity index (χ4n) is 3.02. The molecule has 3 rings (SSSR count). The molecule has 1 aliphatic rings. The molecule has 132 valence electrons. The molecule has 1 fully saturated rings. The summed E-state index contributed by atoms with van der Waals surface area (Å²) in [4.78, 5) is 26.2. The van der Waals surface area contributed by atoms with Gasteiger partial charge in [0.15, 0.2) is 0 Å². The van der Waals surface area contributed by atoms with Crippen molar-refractivity contribution in [2.75, 3.05) is 7.05 Å². The van der Waals surface area contributed by atoms with E-state index < -0.39 is 0 Å². The number of hydrogen-bond acceptors (Lipinski definition) is 3. The highest BCUT2D eigenvalue weighted by Gasteiger charge is 2.24. The first kappa shape index (κ1) is 17.3. The van der Waals surface area contributed by atoms with E-state index in [2.05, 4.69) is 5.32 Å². The molecule has 0 bridgehead atoms. The van der Waals surface area contributed by atoms with E-state index >= 15 is 0 Å². The molecular weight excluding hydrogens is 316 g/mol. The average Bonchev–Trinajstić information content (AvgIpc) is 3.10. The lowest BCUT2D eigenvalue weighted by molar-refractivity contribution is -0.134. The molecule has 0 atom stereocenters. The number of carbonyl (C=O) groups is 2. The van der Waals surface area contributed by atoms with Gasteiger partial charge in [0.2, 0.25) is 5.91 Å². The van der Waals surface area contributed by atoms with Gasteiger partial charge in [-0.05, 0) is 48.6 Å². The van der Waals surface area contributed by atoms with Crippen LogP contribution >= 0.6 is 0 Å². The van der Waals surface area contributed by atoms with Crippen LogP contribution in [0.1, 0.15) is 47.4 Å². The van der Waals surface area contributed by atoms with Crippen LogP contribution in [0.3, 0.4) is 0 Å². The highest BCUT2D eigenvalue weighted by atomic mass is 16.3. The molecule has 2 amide bonds. The third kappa shape index (κ3) is 4.50. The Balaban J connectivity index is 1.69. The van der Waals surface area contributed by atoms with Gasteiger partial charge in [0.25, 0.3) is 5.91 Å². The Bertz CT molecular complexity index is 703. The maximum atomic E-state index is 12.7. The minimum absolute atomic E-state index is 0.111. The zero-order valence-electron chi connectivity index (χ0n) is 14.5. The van der Waals surface area contributed by atoms with Gasteiger partial charge in [0.1, 0.15) is 5.76 Å². The van der Waals surface area contributed by atoms with Gasteiger partial charge in [0.05, 0.1) is 12.8 Å². The van der Waals surface area contributed by atoms with E-state index in [1.165, 1.54) is 6.42 Å². The van der Waals surface area contributed by atoms with E-state index in [1.807, 2.05) is 29.2 Å². The summed E-state index contributed by atoms with van der Waals surface area (Å²) in [6, 6.07) is 11.1. The quantitative estimate of drug-likeness (QED) is 0.841. The molecule has 5 heteroatoms. The second-order valence-corrected chi connectivity index (χ2v) is 6.61. The molecule has 0 spiro atoms. The summed E-state index contributed by atoms with van der Waals surface area (Å²) < 4.78 is 5.42. The van der Waals surface area contributed by atoms with E-state index in [1.54, 1.807) is 25.4 Å². The summed E-state index contributed by atoms with van der Waals surface area (Å²) in [5, 5.41) is 2.61. The lowest BCUT2D eigenvalue weighted by atomic mass is 9.82. The van der Waals surface area contributed by atoms with Gasteiger partial charge in [0, 0.05) is 25.6 Å². The maximum absolute atomic E-state index is 12.7. The van der Waals surface area contributed by atoms with Crippen LogP contribution < -0.4 is 5.32 Å². The minimum atomic E-state index is -0.111. The van der Waals surface area contributed by atoms with Crippen molar-refractivity contribution in [1.82, 2.24) is 10.2 Å². The fraction of sp³-hybridized carbons (Fsp3) is 0.400. The lowest BCUT2D eigenvalue weighted by Gasteiger charge is -2.29. The third-order valence-corrected chi connectivity index (χ3v) is 4.78. The Labute approximate surface area is 148 Å². The van der Waals surface area contributed by atoms with E-state index in [9.17, 15) is 9.59 Å². The summed E-state index contributed by atoms with van der Waals surface area (Å²) in [5.41, 5.74) is 1.62. The molecule has 0 unspecified atom stereocenters. The van der Waals surface area contributed by atoms with Crippen LogP contribution in [0.2, 0.25) is 0 Å². The Morgan fingerprint density at radius 3 is 2.48 bits per heavy atom. The summed E-state index contributed by atoms with van der Waals surface area (Å²) in [6.45, 7) is 0.982. The molecule has 1 aromatic heterocycles. The van der Waals surface area contributed by atoms with E-state index in [4.69, 9.17) is 4.42 Å². The molecule has 25 heavy (non-hydrogen) atoms. The fourth-order valence-corrected chi connectivity index (χ4v) is 3.02. The van der Waals surface area contributed by atoms with Gasteiger partial charge in [-0.25, -0.2) is 0 Å². The van der Waals surface area contributed by atoms with Crippen molar-refractivity contribution in [1.29, 1.82) is 0 Å². The van der Waals surface area contributed by atoms with Crippen molar-refractivity contribution in [3.05, 3.63) is 59.5 Å². The zero-order chi connectivity index (χ0) is 17.6. The monoisotopic (exact) mass is 340 g/mol. The van der Waals surface area contributed by atoms with Gasteiger partial charge in [-0.2, -0.15) is 0 Å². The molecule has 5 nitrogen and oxygen atoms in total. The van der Waals surface area contributed by atoms with Gasteiger partial charge >= 0.3 is 0 Å². The molecular formula is C20H24N2O3. The number of rotatable bonds is 7. The topological polar surface area (TPSA) is 62.6 Å². The van der Waals surface area contributed by atoms with E-state index in [-0.39, 0.29) is 11.8 Å². The number of amides is 2. The Morgan fingerprint density at radius 1 is 1.16 bits per heavy atom. The molecule has 0 radical (unpaired) electrons. The van der Waals surface area contributed by atoms with Crippen molar-refractivity contribution in [2.45, 2.75) is 38.8 Å². The Hall–Kier alpha value is -2.56. The normalized spacial score (nSPS) is 14.0. The molecule has 0 saturated heterocycles. The molecule has 1 aliphatic carbocycles. The third-order valence-electron chi connectivity index (χ3n) is 4.78. The van der Waals surface area contributed by atoms with Gasteiger partial charge < -0.3 is 14.6 Å². The minimum Gasteiger partial charge on any atom is -0.467 e. The Kier molecular flexibility index (Phi) is 5.53. The van der Waals surface area contributed by atoms with Crippen molar-refractivity contribution >= 4 is 11.8 Å². The lowest BCUT2D eigenvalue weighted by Crippen LogP contribution is -2.32. The number of benzene rings is 1. The highest BCUT2D eigenvalue weighted by molar-refractivity contribution is 5.93. The highest BCUT2D eigenvalue weighted by Crippen LogP contribution is 2.30. The van der Waals surface area contributed by atoms with Gasteiger partial charge in [-0.15, -0.1) is 0 Å². The van der Waals surface area contributed by atoms with Crippen LogP contribution in [-0.4, -0.2) is 23.8 Å². The number of carbonyl (C=O) groups excluding carboxylic acids is 2. The molecule has 0 aliphatic heterocycles. The van der Waals surface area contributed by atoms with Gasteiger partial charge in [-0.3, -0.25) is 9.59 Å². The second kappa shape index (κ2) is 8.01. The van der Waals surface area contributed by atoms with Gasteiger partial charge in [-0.1, -0.05) is 18.6 Å². The smallest absolute Gasteiger partial charge is 0.251 e. The van der Waals surface area contributed by atoms with Crippen LogP contribution in [0.25, 0.3) is 0 Å². The number of furan rings is 1. The van der Waals surface area contributed by atoms with Crippen LogP contribution in [0.4, 0.5) is 0 Å². The SMILES string of the molecule is CNC(=O)c1ccc(CN(Cc2ccco2)C(=O)CC2CCC2)cc1. The molecule has 1 aromatic carbocycles. The first-order valence-electron chi connectivity index (χ1n) is 8.77. The van der Waals surface area contributed by atoms with E-state index in [0.717, 1.165) is 24.2 Å². The van der Waals surface area contributed by atoms with E-state index in [0.29, 0.717) is 31.0 Å². The predicted molar refractivity (Wildman–Crippen MR) is 94.8 cm³/mol. The zero-order valence-corrected chi connectivity index (χ0v) is 14.5. The largest absolute Gasteiger partial charge is 0.467 e. The second-order valence-electron chi connectivity index (χ2n) is 6.61.